The Bertz CT molecular complexity index is 718. The van der Waals surface area contributed by atoms with Crippen LogP contribution in [-0.2, 0) is 9.53 Å². The SMILES string of the molecule is C[C@@H]1C[N+]2([O-])[C@H]3C4=CCC[C@@H]4CC[C@H]3[C@@]3(C)OC(=O)CC[C@]34CC[C@H]1[C@@H]42. The molecule has 0 aromatic heterocycles. The second kappa shape index (κ2) is 4.75. The van der Waals surface area contributed by atoms with Crippen LogP contribution in [0.3, 0.4) is 0 Å². The molecule has 142 valence electrons. The Morgan fingerprint density at radius 1 is 1.23 bits per heavy atom. The van der Waals surface area contributed by atoms with Gasteiger partial charge in [-0.1, -0.05) is 13.0 Å². The number of esters is 1. The molecule has 9 atom stereocenters. The van der Waals surface area contributed by atoms with Crippen LogP contribution in [-0.4, -0.2) is 34.8 Å². The number of rotatable bonds is 0. The lowest BCUT2D eigenvalue weighted by atomic mass is 9.51. The minimum atomic E-state index is -0.433. The molecule has 5 fully saturated rings. The Kier molecular flexibility index (Phi) is 2.94. The van der Waals surface area contributed by atoms with E-state index in [1.54, 1.807) is 0 Å². The molecule has 6 rings (SSSR count). The van der Waals surface area contributed by atoms with Crippen molar-refractivity contribution in [2.24, 2.45) is 29.1 Å². The van der Waals surface area contributed by atoms with Crippen molar-refractivity contribution in [3.05, 3.63) is 16.9 Å². The molecule has 1 spiro atoms. The fraction of sp³-hybridized carbons (Fsp3) is 0.864. The smallest absolute Gasteiger partial charge is 0.306 e. The highest BCUT2D eigenvalue weighted by atomic mass is 16.6. The second-order valence-corrected chi connectivity index (χ2v) is 10.5. The molecule has 2 saturated carbocycles. The Balaban J connectivity index is 1.58. The molecule has 0 bridgehead atoms. The lowest BCUT2D eigenvalue weighted by Crippen LogP contribution is -2.78. The van der Waals surface area contributed by atoms with Gasteiger partial charge in [0, 0.05) is 18.3 Å². The first kappa shape index (κ1) is 16.1. The molecule has 3 heterocycles. The van der Waals surface area contributed by atoms with Crippen molar-refractivity contribution in [2.75, 3.05) is 6.54 Å². The predicted octanol–water partition coefficient (Wildman–Crippen LogP) is 3.94. The first-order chi connectivity index (χ1) is 12.4. The van der Waals surface area contributed by atoms with Crippen LogP contribution in [0.25, 0.3) is 0 Å². The Labute approximate surface area is 156 Å². The van der Waals surface area contributed by atoms with Gasteiger partial charge in [-0.15, -0.1) is 0 Å². The molecule has 0 radical (unpaired) electrons. The molecular weight excluding hydrogens is 326 g/mol. The van der Waals surface area contributed by atoms with Crippen molar-refractivity contribution in [2.45, 2.75) is 82.9 Å². The molecule has 3 aliphatic carbocycles. The topological polar surface area (TPSA) is 49.4 Å². The molecule has 0 aromatic rings. The number of quaternary nitrogens is 1. The number of hydroxylamine groups is 3. The Morgan fingerprint density at radius 3 is 2.92 bits per heavy atom. The Morgan fingerprint density at radius 2 is 2.08 bits per heavy atom. The third-order valence-corrected chi connectivity index (χ3v) is 9.85. The summed E-state index contributed by atoms with van der Waals surface area (Å²) in [4.78, 5) is 12.4. The van der Waals surface area contributed by atoms with Crippen LogP contribution >= 0.6 is 0 Å². The van der Waals surface area contributed by atoms with Gasteiger partial charge in [0.05, 0.1) is 17.9 Å². The van der Waals surface area contributed by atoms with Crippen LogP contribution in [0, 0.1) is 34.3 Å². The number of allylic oxidation sites excluding steroid dienone is 1. The van der Waals surface area contributed by atoms with Crippen molar-refractivity contribution >= 4 is 5.97 Å². The van der Waals surface area contributed by atoms with Gasteiger partial charge in [0.1, 0.15) is 17.7 Å². The summed E-state index contributed by atoms with van der Waals surface area (Å²) < 4.78 is 6.31. The molecule has 3 aliphatic heterocycles. The highest BCUT2D eigenvalue weighted by molar-refractivity contribution is 5.71. The maximum Gasteiger partial charge on any atom is 0.306 e. The molecule has 26 heavy (non-hydrogen) atoms. The third-order valence-electron chi connectivity index (χ3n) is 9.85. The summed E-state index contributed by atoms with van der Waals surface area (Å²) in [6.07, 6.45) is 10.6. The fourth-order valence-electron chi connectivity index (χ4n) is 9.05. The number of hydrogen-bond acceptors (Lipinski definition) is 3. The van der Waals surface area contributed by atoms with Gasteiger partial charge in [-0.05, 0) is 63.4 Å². The number of hydrogen-bond donors (Lipinski definition) is 0. The summed E-state index contributed by atoms with van der Waals surface area (Å²) in [6.45, 7) is 5.32. The normalized spacial score (nSPS) is 59.8. The van der Waals surface area contributed by atoms with Crippen molar-refractivity contribution in [1.29, 1.82) is 0 Å². The van der Waals surface area contributed by atoms with E-state index in [2.05, 4.69) is 19.9 Å². The maximum atomic E-state index is 14.7. The molecule has 4 nitrogen and oxygen atoms in total. The molecule has 4 heteroatoms. The summed E-state index contributed by atoms with van der Waals surface area (Å²) >= 11 is 0. The molecule has 0 N–H and O–H groups in total. The molecule has 1 unspecified atom stereocenters. The van der Waals surface area contributed by atoms with Crippen LogP contribution in [0.2, 0.25) is 0 Å². The summed E-state index contributed by atoms with van der Waals surface area (Å²) in [5.74, 6) is 1.82. The largest absolute Gasteiger partial charge is 0.632 e. The minimum Gasteiger partial charge on any atom is -0.632 e. The van der Waals surface area contributed by atoms with E-state index < -0.39 is 5.60 Å². The number of carbonyl (C=O) groups excluding carboxylic acids is 1. The quantitative estimate of drug-likeness (QED) is 0.286. The van der Waals surface area contributed by atoms with Gasteiger partial charge >= 0.3 is 5.97 Å². The number of piperidine rings is 1. The van der Waals surface area contributed by atoms with E-state index in [1.807, 2.05) is 0 Å². The van der Waals surface area contributed by atoms with E-state index in [9.17, 15) is 10.0 Å². The summed E-state index contributed by atoms with van der Waals surface area (Å²) in [6, 6.07) is 0.202. The van der Waals surface area contributed by atoms with E-state index in [0.717, 1.165) is 38.6 Å². The lowest BCUT2D eigenvalue weighted by Gasteiger charge is -2.70. The first-order valence-corrected chi connectivity index (χ1v) is 10.9. The van der Waals surface area contributed by atoms with E-state index in [0.29, 0.717) is 24.2 Å². The predicted molar refractivity (Wildman–Crippen MR) is 97.7 cm³/mol. The molecule has 6 aliphatic rings. The number of carbonyl (C=O) groups is 1. The van der Waals surface area contributed by atoms with Crippen molar-refractivity contribution in [1.82, 2.24) is 0 Å². The van der Waals surface area contributed by atoms with Gasteiger partial charge < -0.3 is 14.6 Å². The summed E-state index contributed by atoms with van der Waals surface area (Å²) in [5, 5.41) is 14.7. The van der Waals surface area contributed by atoms with Crippen LogP contribution in [0.4, 0.5) is 0 Å². The van der Waals surface area contributed by atoms with Crippen LogP contribution in [0.15, 0.2) is 11.6 Å². The first-order valence-electron chi connectivity index (χ1n) is 10.9. The monoisotopic (exact) mass is 357 g/mol. The zero-order valence-electron chi connectivity index (χ0n) is 16.1. The zero-order valence-corrected chi connectivity index (χ0v) is 16.1. The zero-order chi connectivity index (χ0) is 17.9. The average molecular weight is 357 g/mol. The molecule has 3 saturated heterocycles. The fourth-order valence-corrected chi connectivity index (χ4v) is 9.05. The summed E-state index contributed by atoms with van der Waals surface area (Å²) in [5.41, 5.74) is 0.940. The van der Waals surface area contributed by atoms with E-state index >= 15 is 0 Å². The van der Waals surface area contributed by atoms with Gasteiger partial charge in [-0.3, -0.25) is 4.79 Å². The van der Waals surface area contributed by atoms with Crippen molar-refractivity contribution in [3.63, 3.8) is 0 Å². The van der Waals surface area contributed by atoms with E-state index in [4.69, 9.17) is 4.74 Å². The standard InChI is InChI=1S/C22H31NO3/c1-13-12-23(25)19-16-5-3-4-14(16)6-7-17(19)21(2)22(11-9-18(24)26-21)10-8-15(13)20(22)23/h5,13-15,17,19-20H,3-4,6-12H2,1-2H3/t13-,14-,15-,17-,19+,20+,21-,22+,23?/m1/s1. The van der Waals surface area contributed by atoms with Crippen LogP contribution < -0.4 is 0 Å². The summed E-state index contributed by atoms with van der Waals surface area (Å²) in [7, 11) is 0. The number of ether oxygens (including phenoxy) is 1. The van der Waals surface area contributed by atoms with Gasteiger partial charge in [-0.2, -0.15) is 0 Å². The van der Waals surface area contributed by atoms with E-state index in [-0.39, 0.29) is 34.0 Å². The van der Waals surface area contributed by atoms with Gasteiger partial charge in [0.15, 0.2) is 0 Å². The Hall–Kier alpha value is -0.870. The second-order valence-electron chi connectivity index (χ2n) is 10.5. The van der Waals surface area contributed by atoms with Gasteiger partial charge in [-0.25, -0.2) is 0 Å². The molecule has 0 aromatic carbocycles. The average Bonchev–Trinajstić information content (AvgIpc) is 3.27. The number of nitrogens with zero attached hydrogens (tertiary/aromatic N) is 1. The lowest BCUT2D eigenvalue weighted by molar-refractivity contribution is -0.936. The van der Waals surface area contributed by atoms with Crippen molar-refractivity contribution in [3.8, 4) is 0 Å². The van der Waals surface area contributed by atoms with Crippen LogP contribution in [0.5, 0.6) is 0 Å². The molecule has 0 amide bonds. The van der Waals surface area contributed by atoms with E-state index in [1.165, 1.54) is 18.4 Å². The number of fused-ring (bicyclic) bond motifs is 5. The molecular formula is C22H31NO3. The van der Waals surface area contributed by atoms with Crippen molar-refractivity contribution < 1.29 is 14.2 Å². The maximum absolute atomic E-state index is 14.7. The van der Waals surface area contributed by atoms with Gasteiger partial charge in [0.25, 0.3) is 0 Å². The van der Waals surface area contributed by atoms with Gasteiger partial charge in [0.2, 0.25) is 0 Å². The highest BCUT2D eigenvalue weighted by Gasteiger charge is 2.78. The highest BCUT2D eigenvalue weighted by Crippen LogP contribution is 2.71. The minimum absolute atomic E-state index is 0.0198. The third kappa shape index (κ3) is 1.56. The van der Waals surface area contributed by atoms with Crippen LogP contribution in [0.1, 0.15) is 65.2 Å².